The lowest BCUT2D eigenvalue weighted by molar-refractivity contribution is -0.142. The van der Waals surface area contributed by atoms with Crippen LogP contribution in [0.1, 0.15) is 25.8 Å². The average Bonchev–Trinajstić information content (AvgIpc) is 2.92. The number of carbonyl (C=O) groups excluding carboxylic acids is 2. The molecule has 1 aromatic carbocycles. The van der Waals surface area contributed by atoms with Crippen LogP contribution in [0.25, 0.3) is 0 Å². The zero-order valence-electron chi connectivity index (χ0n) is 15.3. The summed E-state index contributed by atoms with van der Waals surface area (Å²) >= 11 is 0. The fourth-order valence-electron chi connectivity index (χ4n) is 2.81. The topological polar surface area (TPSA) is 90.0 Å². The summed E-state index contributed by atoms with van der Waals surface area (Å²) in [7, 11) is -2.99. The molecule has 26 heavy (non-hydrogen) atoms. The average molecular weight is 381 g/mol. The Bertz CT molecular complexity index is 813. The van der Waals surface area contributed by atoms with Crippen molar-refractivity contribution in [3.05, 3.63) is 42.5 Å². The minimum atomic E-state index is -4.19. The van der Waals surface area contributed by atoms with Crippen LogP contribution < -0.4 is 0 Å². The number of esters is 1. The molecule has 142 valence electrons. The van der Waals surface area contributed by atoms with E-state index >= 15 is 0 Å². The van der Waals surface area contributed by atoms with Gasteiger partial charge in [-0.2, -0.15) is 4.31 Å². The molecule has 7 nitrogen and oxygen atoms in total. The molecule has 1 saturated heterocycles. The van der Waals surface area contributed by atoms with Crippen LogP contribution in [-0.2, 0) is 24.3 Å². The van der Waals surface area contributed by atoms with Crippen molar-refractivity contribution >= 4 is 22.1 Å². The largest absolute Gasteiger partial charge is 0.469 e. The van der Waals surface area contributed by atoms with Gasteiger partial charge in [0.25, 0.3) is 10.0 Å². The molecule has 1 aliphatic heterocycles. The molecule has 2 atom stereocenters. The van der Waals surface area contributed by atoms with E-state index in [1.807, 2.05) is 6.92 Å². The van der Waals surface area contributed by atoms with E-state index in [0.29, 0.717) is 4.31 Å². The molecule has 0 aromatic heterocycles. The second-order valence-corrected chi connectivity index (χ2v) is 8.61. The first-order chi connectivity index (χ1) is 12.0. The number of sulfonamides is 1. The van der Waals surface area contributed by atoms with Gasteiger partial charge in [-0.1, -0.05) is 37.6 Å². The lowest BCUT2D eigenvalue weighted by atomic mass is 9.82. The van der Waals surface area contributed by atoms with Crippen LogP contribution in [0.4, 0.5) is 4.79 Å². The zero-order valence-corrected chi connectivity index (χ0v) is 16.1. The molecule has 1 fully saturated rings. The first-order valence-electron chi connectivity index (χ1n) is 8.06. The third kappa shape index (κ3) is 3.60. The summed E-state index contributed by atoms with van der Waals surface area (Å²) in [5.74, 6) is -0.637. The molecule has 0 unspecified atom stereocenters. The predicted molar refractivity (Wildman–Crippen MR) is 94.9 cm³/mol. The predicted octanol–water partition coefficient (Wildman–Crippen LogP) is 2.65. The minimum absolute atomic E-state index is 0.0491. The van der Waals surface area contributed by atoms with Gasteiger partial charge in [0.05, 0.1) is 18.4 Å². The van der Waals surface area contributed by atoms with Crippen LogP contribution in [-0.4, -0.2) is 44.0 Å². The van der Waals surface area contributed by atoms with E-state index in [1.54, 1.807) is 32.1 Å². The number of aryl methyl sites for hydroxylation is 1. The highest BCUT2D eigenvalue weighted by Crippen LogP contribution is 2.38. The van der Waals surface area contributed by atoms with Crippen molar-refractivity contribution in [2.24, 2.45) is 5.41 Å². The van der Waals surface area contributed by atoms with Gasteiger partial charge in [0.2, 0.25) is 0 Å². The quantitative estimate of drug-likeness (QED) is 0.556. The molecule has 1 aromatic rings. The van der Waals surface area contributed by atoms with Crippen molar-refractivity contribution in [1.29, 1.82) is 0 Å². The third-order valence-electron chi connectivity index (χ3n) is 4.50. The first kappa shape index (κ1) is 20.0. The van der Waals surface area contributed by atoms with Crippen molar-refractivity contribution < 1.29 is 27.5 Å². The zero-order chi connectivity index (χ0) is 19.7. The monoisotopic (exact) mass is 381 g/mol. The molecule has 0 spiro atoms. The van der Waals surface area contributed by atoms with Gasteiger partial charge in [-0.25, -0.2) is 13.2 Å². The molecule has 8 heteroatoms. The molecule has 1 heterocycles. The van der Waals surface area contributed by atoms with Crippen molar-refractivity contribution in [3.63, 3.8) is 0 Å². The Kier molecular flexibility index (Phi) is 5.46. The maximum atomic E-state index is 13.0. The standard InChI is InChI=1S/C18H23NO6S/c1-6-18(3,4)16-14(11-15(20)24-5)19(17(21)25-16)26(22,23)13-9-7-12(2)8-10-13/h6-10,14,16H,1,11H2,2-5H3/t14-,16+/m1/s1. The van der Waals surface area contributed by atoms with Crippen LogP contribution in [0, 0.1) is 12.3 Å². The van der Waals surface area contributed by atoms with Gasteiger partial charge in [0, 0.05) is 5.41 Å². The Morgan fingerprint density at radius 3 is 2.42 bits per heavy atom. The van der Waals surface area contributed by atoms with Gasteiger partial charge in [-0.05, 0) is 19.1 Å². The van der Waals surface area contributed by atoms with Crippen LogP contribution in [0.5, 0.6) is 0 Å². The Hall–Kier alpha value is -2.35. The second kappa shape index (κ2) is 7.11. The Morgan fingerprint density at radius 2 is 1.92 bits per heavy atom. The highest BCUT2D eigenvalue weighted by molar-refractivity contribution is 7.89. The van der Waals surface area contributed by atoms with Crippen molar-refractivity contribution in [1.82, 2.24) is 4.31 Å². The summed E-state index contributed by atoms with van der Waals surface area (Å²) in [6, 6.07) is 5.07. The molecule has 0 bridgehead atoms. The Morgan fingerprint density at radius 1 is 1.35 bits per heavy atom. The van der Waals surface area contributed by atoms with Crippen molar-refractivity contribution in [2.45, 2.75) is 44.2 Å². The number of benzene rings is 1. The van der Waals surface area contributed by atoms with Gasteiger partial charge in [-0.15, -0.1) is 6.58 Å². The van der Waals surface area contributed by atoms with E-state index in [-0.39, 0.29) is 11.3 Å². The molecular formula is C18H23NO6S. The number of nitrogens with zero attached hydrogens (tertiary/aromatic N) is 1. The maximum absolute atomic E-state index is 13.0. The number of hydrogen-bond donors (Lipinski definition) is 0. The number of amides is 1. The Balaban J connectivity index is 2.52. The number of carbonyl (C=O) groups is 2. The number of cyclic esters (lactones) is 1. The highest BCUT2D eigenvalue weighted by Gasteiger charge is 2.53. The molecular weight excluding hydrogens is 358 g/mol. The maximum Gasteiger partial charge on any atom is 0.424 e. The number of rotatable bonds is 6. The SMILES string of the molecule is C=CC(C)(C)[C@H]1OC(=O)N(S(=O)(=O)c2ccc(C)cc2)[C@@H]1CC(=O)OC. The second-order valence-electron chi connectivity index (χ2n) is 6.79. The fraction of sp³-hybridized carbons (Fsp3) is 0.444. The summed E-state index contributed by atoms with van der Waals surface area (Å²) in [5, 5.41) is 0. The molecule has 0 radical (unpaired) electrons. The summed E-state index contributed by atoms with van der Waals surface area (Å²) < 4.78 is 36.8. The first-order valence-corrected chi connectivity index (χ1v) is 9.50. The minimum Gasteiger partial charge on any atom is -0.469 e. The summed E-state index contributed by atoms with van der Waals surface area (Å²) in [6.07, 6.45) is -0.627. The van der Waals surface area contributed by atoms with E-state index in [4.69, 9.17) is 4.74 Å². The van der Waals surface area contributed by atoms with Gasteiger partial charge in [0.1, 0.15) is 12.1 Å². The van der Waals surface area contributed by atoms with Crippen molar-refractivity contribution in [3.8, 4) is 0 Å². The summed E-state index contributed by atoms with van der Waals surface area (Å²) in [5.41, 5.74) is 0.135. The van der Waals surface area contributed by atoms with Gasteiger partial charge < -0.3 is 9.47 Å². The smallest absolute Gasteiger partial charge is 0.424 e. The molecule has 1 amide bonds. The fourth-order valence-corrected chi connectivity index (χ4v) is 4.29. The highest BCUT2D eigenvalue weighted by atomic mass is 32.2. The molecule has 2 rings (SSSR count). The molecule has 1 aliphatic rings. The number of hydrogen-bond acceptors (Lipinski definition) is 6. The van der Waals surface area contributed by atoms with Gasteiger partial charge >= 0.3 is 12.1 Å². The van der Waals surface area contributed by atoms with E-state index in [9.17, 15) is 18.0 Å². The van der Waals surface area contributed by atoms with E-state index in [2.05, 4.69) is 11.3 Å². The van der Waals surface area contributed by atoms with Crippen LogP contribution >= 0.6 is 0 Å². The summed E-state index contributed by atoms with van der Waals surface area (Å²) in [4.78, 5) is 24.3. The third-order valence-corrected chi connectivity index (χ3v) is 6.30. The van der Waals surface area contributed by atoms with Crippen LogP contribution in [0.2, 0.25) is 0 Å². The van der Waals surface area contributed by atoms with E-state index < -0.39 is 39.6 Å². The lowest BCUT2D eigenvalue weighted by Crippen LogP contribution is -2.46. The van der Waals surface area contributed by atoms with E-state index in [0.717, 1.165) is 5.56 Å². The summed E-state index contributed by atoms with van der Waals surface area (Å²) in [6.45, 7) is 9.05. The normalized spacial score (nSPS) is 20.6. The van der Waals surface area contributed by atoms with Crippen LogP contribution in [0.15, 0.2) is 41.8 Å². The van der Waals surface area contributed by atoms with E-state index in [1.165, 1.54) is 19.2 Å². The van der Waals surface area contributed by atoms with Crippen LogP contribution in [0.3, 0.4) is 0 Å². The Labute approximate surface area is 153 Å². The van der Waals surface area contributed by atoms with Gasteiger partial charge in [0.15, 0.2) is 0 Å². The van der Waals surface area contributed by atoms with Gasteiger partial charge in [-0.3, -0.25) is 4.79 Å². The van der Waals surface area contributed by atoms with Crippen molar-refractivity contribution in [2.75, 3.05) is 7.11 Å². The lowest BCUT2D eigenvalue weighted by Gasteiger charge is -2.31. The number of methoxy groups -OCH3 is 1. The molecule has 0 N–H and O–H groups in total. The molecule has 0 saturated carbocycles. The number of ether oxygens (including phenoxy) is 2. The molecule has 0 aliphatic carbocycles.